The maximum Gasteiger partial charge on any atom is 0.407 e. The average Bonchev–Trinajstić information content (AvgIpc) is 2.43. The van der Waals surface area contributed by atoms with Crippen LogP contribution in [0.15, 0.2) is 16.6 Å². The van der Waals surface area contributed by atoms with E-state index in [9.17, 15) is 9.18 Å². The van der Waals surface area contributed by atoms with Gasteiger partial charge in [-0.15, -0.1) is 0 Å². The number of rotatable bonds is 3. The van der Waals surface area contributed by atoms with E-state index in [-0.39, 0.29) is 11.9 Å². The Hall–Kier alpha value is -0.850. The van der Waals surface area contributed by atoms with Crippen LogP contribution in [0.25, 0.3) is 0 Å². The van der Waals surface area contributed by atoms with E-state index in [1.165, 1.54) is 6.07 Å². The number of carbonyl (C=O) groups is 1. The van der Waals surface area contributed by atoms with Gasteiger partial charge in [-0.1, -0.05) is 11.6 Å². The van der Waals surface area contributed by atoms with Crippen molar-refractivity contribution in [1.82, 2.24) is 10.2 Å². The van der Waals surface area contributed by atoms with E-state index >= 15 is 0 Å². The highest BCUT2D eigenvalue weighted by molar-refractivity contribution is 9.10. The van der Waals surface area contributed by atoms with Crippen LogP contribution in [-0.2, 0) is 11.3 Å². The normalized spacial score (nSPS) is 19.2. The van der Waals surface area contributed by atoms with Gasteiger partial charge in [-0.25, -0.2) is 9.18 Å². The molecule has 1 heterocycles. The molecule has 0 aromatic heterocycles. The number of halogens is 3. The molecule has 1 atom stereocenters. The summed E-state index contributed by atoms with van der Waals surface area (Å²) in [5, 5.41) is 3.39. The Morgan fingerprint density at radius 2 is 2.21 bits per heavy atom. The first-order valence-corrected chi connectivity index (χ1v) is 9.16. The number of hydrogen-bond acceptors (Lipinski definition) is 3. The number of piperidine rings is 1. The highest BCUT2D eigenvalue weighted by Gasteiger charge is 2.24. The van der Waals surface area contributed by atoms with Crippen molar-refractivity contribution in [2.75, 3.05) is 13.1 Å². The SMILES string of the molecule is CC(C)(C)OC(=O)N[C@H]1CCCN(Cc2cc(Cl)c(Br)cc2F)C1. The van der Waals surface area contributed by atoms with Crippen LogP contribution in [0, 0.1) is 5.82 Å². The van der Waals surface area contributed by atoms with Crippen molar-refractivity contribution < 1.29 is 13.9 Å². The van der Waals surface area contributed by atoms with Gasteiger partial charge in [-0.2, -0.15) is 0 Å². The number of hydrogen-bond donors (Lipinski definition) is 1. The van der Waals surface area contributed by atoms with Gasteiger partial charge in [0.15, 0.2) is 0 Å². The van der Waals surface area contributed by atoms with E-state index in [0.29, 0.717) is 28.1 Å². The fraction of sp³-hybridized carbons (Fsp3) is 0.588. The van der Waals surface area contributed by atoms with E-state index in [2.05, 4.69) is 26.1 Å². The second kappa shape index (κ2) is 8.02. The van der Waals surface area contributed by atoms with E-state index in [1.54, 1.807) is 6.07 Å². The summed E-state index contributed by atoms with van der Waals surface area (Å²) < 4.78 is 19.9. The molecule has 1 aliphatic heterocycles. The van der Waals surface area contributed by atoms with Crippen molar-refractivity contribution in [3.8, 4) is 0 Å². The van der Waals surface area contributed by atoms with Crippen LogP contribution in [0.3, 0.4) is 0 Å². The maximum atomic E-state index is 14.1. The summed E-state index contributed by atoms with van der Waals surface area (Å²) in [6.07, 6.45) is 1.42. The molecule has 1 N–H and O–H groups in total. The molecule has 24 heavy (non-hydrogen) atoms. The van der Waals surface area contributed by atoms with Gasteiger partial charge in [-0.3, -0.25) is 4.90 Å². The summed E-state index contributed by atoms with van der Waals surface area (Å²) in [7, 11) is 0. The van der Waals surface area contributed by atoms with E-state index in [0.717, 1.165) is 19.4 Å². The van der Waals surface area contributed by atoms with E-state index < -0.39 is 11.7 Å². The quantitative estimate of drug-likeness (QED) is 0.717. The molecule has 0 bridgehead atoms. The third-order valence-electron chi connectivity index (χ3n) is 3.71. The smallest absolute Gasteiger partial charge is 0.407 e. The molecule has 1 saturated heterocycles. The summed E-state index contributed by atoms with van der Waals surface area (Å²) in [6, 6.07) is 3.03. The molecular weight excluding hydrogens is 399 g/mol. The lowest BCUT2D eigenvalue weighted by Gasteiger charge is -2.33. The Morgan fingerprint density at radius 1 is 1.50 bits per heavy atom. The topological polar surface area (TPSA) is 41.6 Å². The van der Waals surface area contributed by atoms with Crippen LogP contribution in [0.5, 0.6) is 0 Å². The van der Waals surface area contributed by atoms with Crippen LogP contribution >= 0.6 is 27.5 Å². The van der Waals surface area contributed by atoms with Crippen molar-refractivity contribution in [1.29, 1.82) is 0 Å². The third-order valence-corrected chi connectivity index (χ3v) is 4.91. The average molecular weight is 422 g/mol. The van der Waals surface area contributed by atoms with Gasteiger partial charge in [0, 0.05) is 29.2 Å². The van der Waals surface area contributed by atoms with Gasteiger partial charge >= 0.3 is 6.09 Å². The van der Waals surface area contributed by atoms with Gasteiger partial charge in [0.25, 0.3) is 0 Å². The van der Waals surface area contributed by atoms with Gasteiger partial charge in [-0.05, 0) is 68.2 Å². The lowest BCUT2D eigenvalue weighted by Crippen LogP contribution is -2.48. The summed E-state index contributed by atoms with van der Waals surface area (Å²) in [4.78, 5) is 14.0. The van der Waals surface area contributed by atoms with Gasteiger partial charge in [0.1, 0.15) is 11.4 Å². The molecule has 4 nitrogen and oxygen atoms in total. The predicted octanol–water partition coefficient (Wildman–Crippen LogP) is 4.73. The minimum absolute atomic E-state index is 0.00239. The number of alkyl carbamates (subject to hydrolysis) is 1. The lowest BCUT2D eigenvalue weighted by molar-refractivity contribution is 0.0470. The van der Waals surface area contributed by atoms with E-state index in [4.69, 9.17) is 16.3 Å². The molecule has 134 valence electrons. The standard InChI is InChI=1S/C17H23BrClFN2O2/c1-17(2,3)24-16(23)21-12-5-4-6-22(10-12)9-11-7-14(19)13(18)8-15(11)20/h7-8,12H,4-6,9-10H2,1-3H3,(H,21,23)/t12-/m0/s1. The zero-order valence-electron chi connectivity index (χ0n) is 14.2. The van der Waals surface area contributed by atoms with Crippen molar-refractivity contribution >= 4 is 33.6 Å². The molecule has 1 aliphatic rings. The van der Waals surface area contributed by atoms with Gasteiger partial charge in [0.05, 0.1) is 5.02 Å². The number of likely N-dealkylation sites (tertiary alicyclic amines) is 1. The van der Waals surface area contributed by atoms with Crippen molar-refractivity contribution in [2.24, 2.45) is 0 Å². The number of nitrogens with zero attached hydrogens (tertiary/aromatic N) is 1. The molecule has 1 aromatic carbocycles. The molecule has 0 radical (unpaired) electrons. The van der Waals surface area contributed by atoms with Crippen LogP contribution in [-0.4, -0.2) is 35.7 Å². The number of nitrogens with one attached hydrogen (secondary N) is 1. The molecule has 0 saturated carbocycles. The molecule has 1 fully saturated rings. The van der Waals surface area contributed by atoms with Crippen LogP contribution in [0.1, 0.15) is 39.2 Å². The molecule has 0 aliphatic carbocycles. The molecule has 1 aromatic rings. The number of amides is 1. The third kappa shape index (κ3) is 5.90. The highest BCUT2D eigenvalue weighted by Crippen LogP contribution is 2.27. The number of carbonyl (C=O) groups excluding carboxylic acids is 1. The van der Waals surface area contributed by atoms with Crippen LogP contribution in [0.4, 0.5) is 9.18 Å². The van der Waals surface area contributed by atoms with Gasteiger partial charge in [0.2, 0.25) is 0 Å². The minimum atomic E-state index is -0.518. The Bertz CT molecular complexity index is 607. The monoisotopic (exact) mass is 420 g/mol. The fourth-order valence-corrected chi connectivity index (χ4v) is 3.22. The zero-order chi connectivity index (χ0) is 17.9. The van der Waals surface area contributed by atoms with E-state index in [1.807, 2.05) is 20.8 Å². The van der Waals surface area contributed by atoms with Crippen molar-refractivity contribution in [3.05, 3.63) is 33.0 Å². The van der Waals surface area contributed by atoms with Gasteiger partial charge < -0.3 is 10.1 Å². The molecular formula is C17H23BrClFN2O2. The summed E-state index contributed by atoms with van der Waals surface area (Å²) in [5.41, 5.74) is 0.0385. The molecule has 0 spiro atoms. The second-order valence-corrected chi connectivity index (χ2v) is 8.34. The maximum absolute atomic E-state index is 14.1. The summed E-state index contributed by atoms with van der Waals surface area (Å²) in [5.74, 6) is -0.284. The Morgan fingerprint density at radius 3 is 2.88 bits per heavy atom. The second-order valence-electron chi connectivity index (χ2n) is 7.08. The summed E-state index contributed by atoms with van der Waals surface area (Å²) in [6.45, 7) is 7.48. The molecule has 1 amide bonds. The Balaban J connectivity index is 1.94. The lowest BCUT2D eigenvalue weighted by atomic mass is 10.0. The first-order chi connectivity index (χ1) is 11.1. The molecule has 0 unspecified atom stereocenters. The van der Waals surface area contributed by atoms with Crippen molar-refractivity contribution in [2.45, 2.75) is 51.8 Å². The largest absolute Gasteiger partial charge is 0.444 e. The van der Waals surface area contributed by atoms with Crippen LogP contribution in [0.2, 0.25) is 5.02 Å². The first kappa shape index (κ1) is 19.5. The summed E-state index contributed by atoms with van der Waals surface area (Å²) >= 11 is 9.28. The Kier molecular flexibility index (Phi) is 6.51. The predicted molar refractivity (Wildman–Crippen MR) is 96.8 cm³/mol. The fourth-order valence-electron chi connectivity index (χ4n) is 2.72. The molecule has 7 heteroatoms. The van der Waals surface area contributed by atoms with Crippen LogP contribution < -0.4 is 5.32 Å². The minimum Gasteiger partial charge on any atom is -0.444 e. The highest BCUT2D eigenvalue weighted by atomic mass is 79.9. The van der Waals surface area contributed by atoms with Crippen molar-refractivity contribution in [3.63, 3.8) is 0 Å². The Labute approximate surface area is 155 Å². The number of benzene rings is 1. The number of ether oxygens (including phenoxy) is 1. The molecule has 2 rings (SSSR count). The zero-order valence-corrected chi connectivity index (χ0v) is 16.5. The first-order valence-electron chi connectivity index (χ1n) is 7.99.